The number of ether oxygens (including phenoxy) is 1. The molecule has 1 aliphatic carbocycles. The molecule has 4 rings (SSSR count). The number of rotatable bonds is 1. The van der Waals surface area contributed by atoms with E-state index in [1.165, 1.54) is 24.8 Å². The van der Waals surface area contributed by atoms with Crippen LogP contribution in [0.1, 0.15) is 50.1 Å². The van der Waals surface area contributed by atoms with Gasteiger partial charge in [-0.05, 0) is 18.9 Å². The quantitative estimate of drug-likeness (QED) is 0.784. The molecule has 20 heavy (non-hydrogen) atoms. The molecular weight excluding hydrogens is 250 g/mol. The van der Waals surface area contributed by atoms with Crippen molar-refractivity contribution in [3.05, 3.63) is 29.8 Å². The number of nitrogens with zero attached hydrogens (tertiary/aromatic N) is 1. The molecule has 0 spiro atoms. The predicted molar refractivity (Wildman–Crippen MR) is 76.5 cm³/mol. The van der Waals surface area contributed by atoms with Gasteiger partial charge in [0.1, 0.15) is 11.9 Å². The van der Waals surface area contributed by atoms with E-state index >= 15 is 0 Å². The maximum Gasteiger partial charge on any atom is 0.226 e. The molecule has 2 atom stereocenters. The van der Waals surface area contributed by atoms with E-state index in [4.69, 9.17) is 4.74 Å². The van der Waals surface area contributed by atoms with E-state index in [1.54, 1.807) is 0 Å². The highest BCUT2D eigenvalue weighted by atomic mass is 16.5. The van der Waals surface area contributed by atoms with Gasteiger partial charge in [-0.1, -0.05) is 37.5 Å². The number of para-hydroxylation sites is 1. The minimum absolute atomic E-state index is 0.197. The zero-order valence-corrected chi connectivity index (χ0v) is 11.8. The summed E-state index contributed by atoms with van der Waals surface area (Å²) in [5, 5.41) is 0. The second kappa shape index (κ2) is 4.80. The van der Waals surface area contributed by atoms with Crippen LogP contribution >= 0.6 is 0 Å². The molecule has 3 nitrogen and oxygen atoms in total. The molecule has 0 N–H and O–H groups in total. The average Bonchev–Trinajstić information content (AvgIpc) is 2.85. The van der Waals surface area contributed by atoms with Gasteiger partial charge in [0.25, 0.3) is 0 Å². The maximum atomic E-state index is 12.8. The van der Waals surface area contributed by atoms with Crippen LogP contribution in [-0.2, 0) is 4.79 Å². The van der Waals surface area contributed by atoms with Crippen molar-refractivity contribution in [3.8, 4) is 5.75 Å². The Balaban J connectivity index is 1.60. The van der Waals surface area contributed by atoms with Crippen LogP contribution < -0.4 is 4.74 Å². The average molecular weight is 271 g/mol. The van der Waals surface area contributed by atoms with Crippen LogP contribution in [0.4, 0.5) is 0 Å². The lowest BCUT2D eigenvalue weighted by Gasteiger charge is -2.30. The molecule has 3 aliphatic rings. The zero-order valence-electron chi connectivity index (χ0n) is 11.8. The van der Waals surface area contributed by atoms with E-state index in [0.29, 0.717) is 5.91 Å². The lowest BCUT2D eigenvalue weighted by Crippen LogP contribution is -2.36. The van der Waals surface area contributed by atoms with E-state index in [2.05, 4.69) is 11.0 Å². The lowest BCUT2D eigenvalue weighted by molar-refractivity contribution is -0.137. The van der Waals surface area contributed by atoms with E-state index < -0.39 is 0 Å². The molecule has 2 fully saturated rings. The number of fused-ring (bicyclic) bond motifs is 4. The summed E-state index contributed by atoms with van der Waals surface area (Å²) in [7, 11) is 0. The lowest BCUT2D eigenvalue weighted by atomic mass is 9.88. The molecule has 1 saturated heterocycles. The van der Waals surface area contributed by atoms with Crippen molar-refractivity contribution in [2.24, 2.45) is 5.92 Å². The third-order valence-corrected chi connectivity index (χ3v) is 5.07. The largest absolute Gasteiger partial charge is 0.488 e. The van der Waals surface area contributed by atoms with Gasteiger partial charge < -0.3 is 9.64 Å². The molecule has 1 aromatic rings. The Bertz CT molecular complexity index is 521. The van der Waals surface area contributed by atoms with Crippen molar-refractivity contribution in [2.45, 2.75) is 50.7 Å². The van der Waals surface area contributed by atoms with Gasteiger partial charge in [-0.15, -0.1) is 0 Å². The molecule has 3 heteroatoms. The Morgan fingerprint density at radius 2 is 1.95 bits per heavy atom. The van der Waals surface area contributed by atoms with Crippen molar-refractivity contribution in [2.75, 3.05) is 6.54 Å². The van der Waals surface area contributed by atoms with Gasteiger partial charge in [0, 0.05) is 17.9 Å². The zero-order chi connectivity index (χ0) is 13.5. The summed E-state index contributed by atoms with van der Waals surface area (Å²) < 4.78 is 6.00. The van der Waals surface area contributed by atoms with Gasteiger partial charge in [0.05, 0.1) is 12.6 Å². The normalized spacial score (nSPS) is 28.9. The van der Waals surface area contributed by atoms with Crippen molar-refractivity contribution in [3.63, 3.8) is 0 Å². The number of carbonyl (C=O) groups excluding carboxylic acids is 1. The van der Waals surface area contributed by atoms with E-state index in [-0.39, 0.29) is 18.1 Å². The molecule has 2 aliphatic heterocycles. The number of benzene rings is 1. The molecule has 2 heterocycles. The fourth-order valence-electron chi connectivity index (χ4n) is 4.05. The number of likely N-dealkylation sites (tertiary alicyclic amines) is 1. The fraction of sp³-hybridized carbons (Fsp3) is 0.588. The first-order valence-corrected chi connectivity index (χ1v) is 7.89. The number of carbonyl (C=O) groups is 1. The molecule has 1 saturated carbocycles. The summed E-state index contributed by atoms with van der Waals surface area (Å²) in [6.45, 7) is 0.772. The van der Waals surface area contributed by atoms with Gasteiger partial charge in [-0.2, -0.15) is 0 Å². The predicted octanol–water partition coefficient (Wildman–Crippen LogP) is 3.30. The SMILES string of the molecule is O=C(C1CCCCC1)N1C[C@@H]2C[C@H]1c1ccccc1O2. The van der Waals surface area contributed by atoms with Crippen LogP contribution in [0.5, 0.6) is 5.75 Å². The van der Waals surface area contributed by atoms with Gasteiger partial charge in [-0.3, -0.25) is 4.79 Å². The topological polar surface area (TPSA) is 29.5 Å². The van der Waals surface area contributed by atoms with E-state index in [0.717, 1.165) is 31.6 Å². The Morgan fingerprint density at radius 1 is 1.15 bits per heavy atom. The second-order valence-electron chi connectivity index (χ2n) is 6.35. The van der Waals surface area contributed by atoms with Crippen LogP contribution in [0.2, 0.25) is 0 Å². The minimum Gasteiger partial charge on any atom is -0.488 e. The van der Waals surface area contributed by atoms with Crippen molar-refractivity contribution >= 4 is 5.91 Å². The second-order valence-corrected chi connectivity index (χ2v) is 6.35. The van der Waals surface area contributed by atoms with Crippen LogP contribution in [0.25, 0.3) is 0 Å². The van der Waals surface area contributed by atoms with Gasteiger partial charge in [0.15, 0.2) is 0 Å². The summed E-state index contributed by atoms with van der Waals surface area (Å²) in [4.78, 5) is 14.9. The molecule has 0 unspecified atom stereocenters. The van der Waals surface area contributed by atoms with Crippen LogP contribution in [0, 0.1) is 5.92 Å². The highest BCUT2D eigenvalue weighted by Crippen LogP contribution is 2.44. The first-order valence-electron chi connectivity index (χ1n) is 7.89. The summed E-state index contributed by atoms with van der Waals surface area (Å²) in [5.41, 5.74) is 1.20. The highest BCUT2D eigenvalue weighted by Gasteiger charge is 2.43. The van der Waals surface area contributed by atoms with Gasteiger partial charge in [0.2, 0.25) is 5.91 Å². The van der Waals surface area contributed by atoms with Gasteiger partial charge in [-0.25, -0.2) is 0 Å². The number of amides is 1. The summed E-state index contributed by atoms with van der Waals surface area (Å²) >= 11 is 0. The maximum absolute atomic E-state index is 12.8. The highest BCUT2D eigenvalue weighted by molar-refractivity contribution is 5.80. The molecule has 106 valence electrons. The van der Waals surface area contributed by atoms with Crippen LogP contribution in [0.15, 0.2) is 24.3 Å². The van der Waals surface area contributed by atoms with Gasteiger partial charge >= 0.3 is 0 Å². The number of hydrogen-bond donors (Lipinski definition) is 0. The van der Waals surface area contributed by atoms with Crippen molar-refractivity contribution in [1.29, 1.82) is 0 Å². The molecule has 0 aromatic heterocycles. The molecule has 1 aromatic carbocycles. The number of hydrogen-bond acceptors (Lipinski definition) is 2. The Morgan fingerprint density at radius 3 is 2.80 bits per heavy atom. The molecule has 1 amide bonds. The van der Waals surface area contributed by atoms with Crippen molar-refractivity contribution < 1.29 is 9.53 Å². The third-order valence-electron chi connectivity index (χ3n) is 5.07. The first kappa shape index (κ1) is 12.2. The Kier molecular flexibility index (Phi) is 2.94. The van der Waals surface area contributed by atoms with Crippen LogP contribution in [0.3, 0.4) is 0 Å². The van der Waals surface area contributed by atoms with E-state index in [1.807, 2.05) is 18.2 Å². The fourth-order valence-corrected chi connectivity index (χ4v) is 4.05. The summed E-state index contributed by atoms with van der Waals surface area (Å²) in [6, 6.07) is 8.45. The summed E-state index contributed by atoms with van der Waals surface area (Å²) in [6.07, 6.45) is 7.04. The van der Waals surface area contributed by atoms with Crippen molar-refractivity contribution in [1.82, 2.24) is 4.90 Å². The monoisotopic (exact) mass is 271 g/mol. The Hall–Kier alpha value is -1.51. The smallest absolute Gasteiger partial charge is 0.226 e. The summed E-state index contributed by atoms with van der Waals surface area (Å²) in [5.74, 6) is 1.61. The first-order chi connectivity index (χ1) is 9.83. The van der Waals surface area contributed by atoms with Crippen LogP contribution in [-0.4, -0.2) is 23.5 Å². The Labute approximate surface area is 119 Å². The standard InChI is InChI=1S/C17H21NO2/c19-17(12-6-2-1-3-7-12)18-11-13-10-15(18)14-8-4-5-9-16(14)20-13/h4-5,8-9,12-13,15H,1-3,6-7,10-11H2/t13-,15-/m0/s1. The van der Waals surface area contributed by atoms with E-state index in [9.17, 15) is 4.79 Å². The molecule has 0 radical (unpaired) electrons. The minimum atomic E-state index is 0.197. The molecule has 2 bridgehead atoms. The third kappa shape index (κ3) is 1.91. The molecular formula is C17H21NO2.